The Bertz CT molecular complexity index is 763. The van der Waals surface area contributed by atoms with E-state index >= 15 is 0 Å². The second kappa shape index (κ2) is 7.55. The van der Waals surface area contributed by atoms with E-state index in [1.54, 1.807) is 11.8 Å². The van der Waals surface area contributed by atoms with Gasteiger partial charge in [-0.3, -0.25) is 9.36 Å². The van der Waals surface area contributed by atoms with Crippen molar-refractivity contribution in [3.05, 3.63) is 39.8 Å². The molecule has 6 heteroatoms. The third-order valence-corrected chi connectivity index (χ3v) is 5.44. The van der Waals surface area contributed by atoms with Crippen LogP contribution in [0.1, 0.15) is 50.2 Å². The van der Waals surface area contributed by atoms with E-state index in [9.17, 15) is 4.79 Å². The lowest BCUT2D eigenvalue weighted by molar-refractivity contribution is 0.493. The minimum Gasteiger partial charge on any atom is -0.335 e. The zero-order valence-electron chi connectivity index (χ0n) is 14.8. The Morgan fingerprint density at radius 3 is 2.75 bits per heavy atom. The quantitative estimate of drug-likeness (QED) is 0.595. The minimum absolute atomic E-state index is 0.185. The molecule has 2 heterocycles. The largest absolute Gasteiger partial charge is 0.335 e. The molecular weight excluding hydrogens is 320 g/mol. The molecule has 0 radical (unpaired) electrons. The van der Waals surface area contributed by atoms with Crippen LogP contribution in [0.25, 0.3) is 0 Å². The first-order valence-corrected chi connectivity index (χ1v) is 9.71. The molecule has 1 aliphatic carbocycles. The summed E-state index contributed by atoms with van der Waals surface area (Å²) in [5.41, 5.74) is 2.18. The van der Waals surface area contributed by atoms with Crippen molar-refractivity contribution in [1.82, 2.24) is 19.1 Å². The van der Waals surface area contributed by atoms with Gasteiger partial charge in [0.1, 0.15) is 5.82 Å². The van der Waals surface area contributed by atoms with E-state index < -0.39 is 0 Å². The molecule has 0 N–H and O–H groups in total. The molecule has 0 fully saturated rings. The van der Waals surface area contributed by atoms with Crippen LogP contribution in [0, 0.1) is 6.92 Å². The number of imidazole rings is 1. The summed E-state index contributed by atoms with van der Waals surface area (Å²) >= 11 is 1.70. The van der Waals surface area contributed by atoms with Crippen molar-refractivity contribution >= 4 is 11.8 Å². The minimum atomic E-state index is 0.185. The van der Waals surface area contributed by atoms with E-state index in [-0.39, 0.29) is 5.56 Å². The van der Waals surface area contributed by atoms with Crippen LogP contribution in [-0.2, 0) is 25.9 Å². The molecule has 2 aromatic rings. The highest BCUT2D eigenvalue weighted by atomic mass is 32.2. The van der Waals surface area contributed by atoms with Crippen LogP contribution in [0.3, 0.4) is 0 Å². The van der Waals surface area contributed by atoms with Gasteiger partial charge in [-0.2, -0.15) is 0 Å². The van der Waals surface area contributed by atoms with Gasteiger partial charge in [-0.15, -0.1) is 0 Å². The maximum atomic E-state index is 13.0. The van der Waals surface area contributed by atoms with Crippen molar-refractivity contribution in [3.8, 4) is 0 Å². The lowest BCUT2D eigenvalue weighted by atomic mass is 9.97. The van der Waals surface area contributed by atoms with Crippen LogP contribution in [0.15, 0.2) is 22.3 Å². The predicted octanol–water partition coefficient (Wildman–Crippen LogP) is 3.22. The van der Waals surface area contributed by atoms with Gasteiger partial charge in [0.2, 0.25) is 0 Å². The first-order chi connectivity index (χ1) is 11.6. The number of hydrogen-bond donors (Lipinski definition) is 0. The lowest BCUT2D eigenvalue weighted by Crippen LogP contribution is -2.30. The van der Waals surface area contributed by atoms with Gasteiger partial charge in [0.15, 0.2) is 5.16 Å². The molecular formula is C18H26N4OS. The number of nitrogens with zero attached hydrogens (tertiary/aromatic N) is 4. The van der Waals surface area contributed by atoms with Crippen LogP contribution >= 0.6 is 11.8 Å². The average molecular weight is 347 g/mol. The van der Waals surface area contributed by atoms with E-state index in [1.807, 2.05) is 23.9 Å². The van der Waals surface area contributed by atoms with Gasteiger partial charge in [-0.25, -0.2) is 9.97 Å². The molecule has 3 rings (SSSR count). The third kappa shape index (κ3) is 3.74. The maximum Gasteiger partial charge on any atom is 0.257 e. The third-order valence-electron chi connectivity index (χ3n) is 4.45. The van der Waals surface area contributed by atoms with Crippen molar-refractivity contribution in [3.63, 3.8) is 0 Å². The smallest absolute Gasteiger partial charge is 0.257 e. The zero-order valence-corrected chi connectivity index (χ0v) is 15.6. The summed E-state index contributed by atoms with van der Waals surface area (Å²) in [7, 11) is 0. The van der Waals surface area contributed by atoms with E-state index in [2.05, 4.69) is 23.4 Å². The fourth-order valence-electron chi connectivity index (χ4n) is 3.21. The van der Waals surface area contributed by atoms with Gasteiger partial charge in [0.25, 0.3) is 5.56 Å². The molecule has 0 spiro atoms. The number of rotatable bonds is 6. The summed E-state index contributed by atoms with van der Waals surface area (Å²) in [6.07, 6.45) is 8.81. The van der Waals surface area contributed by atoms with E-state index in [0.717, 1.165) is 60.9 Å². The van der Waals surface area contributed by atoms with Crippen molar-refractivity contribution in [2.75, 3.05) is 0 Å². The van der Waals surface area contributed by atoms with Crippen LogP contribution in [-0.4, -0.2) is 24.4 Å². The van der Waals surface area contributed by atoms with Crippen molar-refractivity contribution in [1.29, 1.82) is 0 Å². The SMILES string of the molecule is Cc1nccn1CCCn1c(SC(C)C)nc2c(c1=O)CCCC2. The summed E-state index contributed by atoms with van der Waals surface area (Å²) in [5, 5.41) is 1.30. The summed E-state index contributed by atoms with van der Waals surface area (Å²) < 4.78 is 4.03. The average Bonchev–Trinajstić information content (AvgIpc) is 2.95. The number of fused-ring (bicyclic) bond motifs is 1. The molecule has 0 atom stereocenters. The highest BCUT2D eigenvalue weighted by molar-refractivity contribution is 7.99. The van der Waals surface area contributed by atoms with Crippen LogP contribution in [0.4, 0.5) is 0 Å². The van der Waals surface area contributed by atoms with E-state index in [4.69, 9.17) is 4.98 Å². The summed E-state index contributed by atoms with van der Waals surface area (Å²) in [5.74, 6) is 1.02. The number of aryl methyl sites for hydroxylation is 3. The van der Waals surface area contributed by atoms with Crippen molar-refractivity contribution in [2.24, 2.45) is 0 Å². The topological polar surface area (TPSA) is 52.7 Å². The Balaban J connectivity index is 1.84. The van der Waals surface area contributed by atoms with Crippen LogP contribution in [0.5, 0.6) is 0 Å². The molecule has 0 saturated heterocycles. The number of aromatic nitrogens is 4. The van der Waals surface area contributed by atoms with E-state index in [1.165, 1.54) is 0 Å². The summed E-state index contributed by atoms with van der Waals surface area (Å²) in [6, 6.07) is 0. The molecule has 2 aromatic heterocycles. The fraction of sp³-hybridized carbons (Fsp3) is 0.611. The summed E-state index contributed by atoms with van der Waals surface area (Å²) in [4.78, 5) is 22.1. The standard InChI is InChI=1S/C18H26N4OS/c1-13(2)24-18-20-16-8-5-4-7-15(16)17(23)22(18)11-6-10-21-12-9-19-14(21)3/h9,12-13H,4-8,10-11H2,1-3H3. The zero-order chi connectivity index (χ0) is 17.1. The Morgan fingerprint density at radius 1 is 1.25 bits per heavy atom. The Labute approximate surface area is 147 Å². The molecule has 24 heavy (non-hydrogen) atoms. The normalized spacial score (nSPS) is 14.2. The Hall–Kier alpha value is -1.56. The van der Waals surface area contributed by atoms with Gasteiger partial charge in [0, 0.05) is 36.3 Å². The molecule has 0 amide bonds. The molecule has 5 nitrogen and oxygen atoms in total. The molecule has 0 aromatic carbocycles. The van der Waals surface area contributed by atoms with Gasteiger partial charge < -0.3 is 4.57 Å². The Morgan fingerprint density at radius 2 is 2.04 bits per heavy atom. The molecule has 0 bridgehead atoms. The first-order valence-electron chi connectivity index (χ1n) is 8.83. The van der Waals surface area contributed by atoms with Crippen LogP contribution < -0.4 is 5.56 Å². The Kier molecular flexibility index (Phi) is 5.43. The molecule has 1 aliphatic rings. The van der Waals surface area contributed by atoms with Crippen molar-refractivity contribution in [2.45, 2.75) is 76.4 Å². The molecule has 0 unspecified atom stereocenters. The molecule has 0 aliphatic heterocycles. The van der Waals surface area contributed by atoms with Gasteiger partial charge in [-0.05, 0) is 39.0 Å². The monoisotopic (exact) mass is 346 g/mol. The van der Waals surface area contributed by atoms with Gasteiger partial charge in [0.05, 0.1) is 5.69 Å². The predicted molar refractivity (Wildman–Crippen MR) is 97.7 cm³/mol. The van der Waals surface area contributed by atoms with Gasteiger partial charge in [-0.1, -0.05) is 25.6 Å². The van der Waals surface area contributed by atoms with E-state index in [0.29, 0.717) is 11.8 Å². The second-order valence-corrected chi connectivity index (χ2v) is 8.22. The second-order valence-electron chi connectivity index (χ2n) is 6.67. The summed E-state index contributed by atoms with van der Waals surface area (Å²) in [6.45, 7) is 7.89. The fourth-order valence-corrected chi connectivity index (χ4v) is 4.09. The van der Waals surface area contributed by atoms with Crippen LogP contribution in [0.2, 0.25) is 0 Å². The highest BCUT2D eigenvalue weighted by Crippen LogP contribution is 2.24. The lowest BCUT2D eigenvalue weighted by Gasteiger charge is -2.20. The molecule has 0 saturated carbocycles. The number of thioether (sulfide) groups is 1. The van der Waals surface area contributed by atoms with Crippen molar-refractivity contribution < 1.29 is 0 Å². The molecule has 130 valence electrons. The first kappa shape index (κ1) is 17.3. The highest BCUT2D eigenvalue weighted by Gasteiger charge is 2.20. The maximum absolute atomic E-state index is 13.0. The number of hydrogen-bond acceptors (Lipinski definition) is 4. The van der Waals surface area contributed by atoms with Gasteiger partial charge >= 0.3 is 0 Å².